The van der Waals surface area contributed by atoms with Crippen molar-refractivity contribution >= 4 is 17.7 Å². The predicted molar refractivity (Wildman–Crippen MR) is 81.7 cm³/mol. The van der Waals surface area contributed by atoms with Crippen molar-refractivity contribution in [1.82, 2.24) is 0 Å². The number of esters is 2. The van der Waals surface area contributed by atoms with Crippen molar-refractivity contribution in [2.75, 3.05) is 14.2 Å². The molecular formula is C17H17F3O5. The van der Waals surface area contributed by atoms with E-state index >= 15 is 0 Å². The van der Waals surface area contributed by atoms with Crippen LogP contribution in [0.1, 0.15) is 28.8 Å². The smallest absolute Gasteiger partial charge is 0.416 e. The van der Waals surface area contributed by atoms with E-state index in [4.69, 9.17) is 0 Å². The lowest BCUT2D eigenvalue weighted by molar-refractivity contribution is -0.168. The molecule has 1 aromatic rings. The number of carbonyl (C=O) groups is 3. The highest BCUT2D eigenvalue weighted by Crippen LogP contribution is 2.33. The van der Waals surface area contributed by atoms with E-state index in [1.165, 1.54) is 6.08 Å². The molecule has 0 amide bonds. The molecule has 0 aromatic heterocycles. The first kappa shape index (κ1) is 20.4. The van der Waals surface area contributed by atoms with Crippen LogP contribution in [0.5, 0.6) is 0 Å². The summed E-state index contributed by atoms with van der Waals surface area (Å²) in [5.74, 6) is -2.68. The Labute approximate surface area is 142 Å². The van der Waals surface area contributed by atoms with E-state index in [0.717, 1.165) is 38.5 Å². The van der Waals surface area contributed by atoms with Crippen LogP contribution in [0.4, 0.5) is 13.2 Å². The molecule has 0 heterocycles. The zero-order chi connectivity index (χ0) is 19.3. The maximum absolute atomic E-state index is 12.6. The van der Waals surface area contributed by atoms with E-state index in [2.05, 4.69) is 16.1 Å². The molecule has 0 aliphatic rings. The van der Waals surface area contributed by atoms with Crippen LogP contribution in [0.3, 0.4) is 0 Å². The molecule has 8 heteroatoms. The minimum atomic E-state index is -4.54. The van der Waals surface area contributed by atoms with Gasteiger partial charge in [0.25, 0.3) is 0 Å². The fourth-order valence-corrected chi connectivity index (χ4v) is 2.32. The Balaban J connectivity index is 3.19. The van der Waals surface area contributed by atoms with Gasteiger partial charge in [-0.3, -0.25) is 14.4 Å². The third-order valence-corrected chi connectivity index (χ3v) is 3.64. The summed E-state index contributed by atoms with van der Waals surface area (Å²) in [6.45, 7) is 3.45. The van der Waals surface area contributed by atoms with Crippen LogP contribution in [0.15, 0.2) is 36.9 Å². The van der Waals surface area contributed by atoms with Crippen LogP contribution >= 0.6 is 0 Å². The van der Waals surface area contributed by atoms with Crippen LogP contribution in [-0.4, -0.2) is 31.9 Å². The average Bonchev–Trinajstić information content (AvgIpc) is 2.58. The Morgan fingerprint density at radius 1 is 1.04 bits per heavy atom. The van der Waals surface area contributed by atoms with Gasteiger partial charge in [0.2, 0.25) is 0 Å². The van der Waals surface area contributed by atoms with Crippen LogP contribution < -0.4 is 0 Å². The highest BCUT2D eigenvalue weighted by atomic mass is 19.4. The van der Waals surface area contributed by atoms with E-state index in [1.807, 2.05) is 0 Å². The number of hydrogen-bond donors (Lipinski definition) is 0. The van der Waals surface area contributed by atoms with Gasteiger partial charge in [0.15, 0.2) is 11.2 Å². The molecule has 0 N–H and O–H groups in total. The molecule has 0 saturated carbocycles. The molecule has 0 unspecified atom stereocenters. The first-order valence-corrected chi connectivity index (χ1v) is 7.10. The molecule has 0 spiro atoms. The van der Waals surface area contributed by atoms with Gasteiger partial charge >= 0.3 is 18.1 Å². The number of carbonyl (C=O) groups excluding carboxylic acids is 3. The van der Waals surface area contributed by atoms with Gasteiger partial charge in [-0.1, -0.05) is 18.2 Å². The summed E-state index contributed by atoms with van der Waals surface area (Å²) in [5.41, 5.74) is -2.93. The molecule has 25 heavy (non-hydrogen) atoms. The van der Waals surface area contributed by atoms with Gasteiger partial charge in [0.1, 0.15) is 0 Å². The number of alkyl halides is 3. The number of rotatable bonds is 7. The molecule has 0 saturated heterocycles. The minimum absolute atomic E-state index is 0.0748. The lowest BCUT2D eigenvalue weighted by Gasteiger charge is -2.26. The molecule has 0 aliphatic carbocycles. The molecule has 0 fully saturated rings. The molecule has 5 nitrogen and oxygen atoms in total. The van der Waals surface area contributed by atoms with Crippen LogP contribution in [0, 0.1) is 5.41 Å². The van der Waals surface area contributed by atoms with E-state index in [1.54, 1.807) is 0 Å². The number of Topliss-reactive ketones (excluding diaryl/α,β-unsaturated/α-hetero) is 1. The molecule has 1 rings (SSSR count). The SMILES string of the molecule is C=CCC(CC(=O)c1ccc(C(F)(F)F)cc1)(C(=O)OC)C(=O)OC. The minimum Gasteiger partial charge on any atom is -0.468 e. The van der Waals surface area contributed by atoms with Crippen molar-refractivity contribution in [3.05, 3.63) is 48.0 Å². The number of allylic oxidation sites excluding steroid dienone is 1. The highest BCUT2D eigenvalue weighted by Gasteiger charge is 2.49. The van der Waals surface area contributed by atoms with Crippen molar-refractivity contribution in [3.8, 4) is 0 Å². The largest absolute Gasteiger partial charge is 0.468 e. The summed E-state index contributed by atoms with van der Waals surface area (Å²) in [6.07, 6.45) is -4.12. The maximum atomic E-state index is 12.6. The number of hydrogen-bond acceptors (Lipinski definition) is 5. The van der Waals surface area contributed by atoms with Gasteiger partial charge < -0.3 is 9.47 Å². The van der Waals surface area contributed by atoms with Crippen molar-refractivity contribution in [1.29, 1.82) is 0 Å². The number of halogens is 3. The van der Waals surface area contributed by atoms with Crippen molar-refractivity contribution in [3.63, 3.8) is 0 Å². The molecule has 1 aromatic carbocycles. The van der Waals surface area contributed by atoms with Gasteiger partial charge in [-0.25, -0.2) is 0 Å². The van der Waals surface area contributed by atoms with E-state index in [9.17, 15) is 27.6 Å². The molecule has 136 valence electrons. The fraction of sp³-hybridized carbons (Fsp3) is 0.353. The van der Waals surface area contributed by atoms with E-state index < -0.39 is 41.3 Å². The Hall–Kier alpha value is -2.64. The van der Waals surface area contributed by atoms with E-state index in [0.29, 0.717) is 0 Å². The third kappa shape index (κ3) is 4.46. The topological polar surface area (TPSA) is 69.7 Å². The Morgan fingerprint density at radius 2 is 1.52 bits per heavy atom. The summed E-state index contributed by atoms with van der Waals surface area (Å²) < 4.78 is 46.9. The monoisotopic (exact) mass is 358 g/mol. The van der Waals surface area contributed by atoms with Crippen molar-refractivity contribution < 1.29 is 37.0 Å². The van der Waals surface area contributed by atoms with Gasteiger partial charge in [-0.2, -0.15) is 13.2 Å². The lowest BCUT2D eigenvalue weighted by Crippen LogP contribution is -2.42. The molecular weight excluding hydrogens is 341 g/mol. The van der Waals surface area contributed by atoms with Crippen molar-refractivity contribution in [2.24, 2.45) is 5.41 Å². The van der Waals surface area contributed by atoms with Crippen LogP contribution in [0.25, 0.3) is 0 Å². The second-order valence-electron chi connectivity index (χ2n) is 5.23. The number of ether oxygens (including phenoxy) is 2. The average molecular weight is 358 g/mol. The highest BCUT2D eigenvalue weighted by molar-refractivity contribution is 6.07. The second-order valence-corrected chi connectivity index (χ2v) is 5.23. The van der Waals surface area contributed by atoms with Gasteiger partial charge in [-0.05, 0) is 18.6 Å². The summed E-state index contributed by atoms with van der Waals surface area (Å²) in [4.78, 5) is 36.6. The molecule has 0 aliphatic heterocycles. The zero-order valence-electron chi connectivity index (χ0n) is 13.7. The third-order valence-electron chi connectivity index (χ3n) is 3.64. The second kappa shape index (κ2) is 7.96. The number of ketones is 1. The first-order chi connectivity index (χ1) is 11.6. The molecule has 0 bridgehead atoms. The normalized spacial score (nSPS) is 11.6. The quantitative estimate of drug-likeness (QED) is 0.324. The van der Waals surface area contributed by atoms with Crippen LogP contribution in [0.2, 0.25) is 0 Å². The van der Waals surface area contributed by atoms with Gasteiger partial charge in [0, 0.05) is 12.0 Å². The molecule has 0 atom stereocenters. The Morgan fingerprint density at radius 3 is 1.88 bits per heavy atom. The summed E-state index contributed by atoms with van der Waals surface area (Å²) in [5, 5.41) is 0. The molecule has 0 radical (unpaired) electrons. The summed E-state index contributed by atoms with van der Waals surface area (Å²) in [6, 6.07) is 3.47. The summed E-state index contributed by atoms with van der Waals surface area (Å²) in [7, 11) is 2.09. The Kier molecular flexibility index (Phi) is 6.49. The maximum Gasteiger partial charge on any atom is 0.416 e. The predicted octanol–water partition coefficient (Wildman–Crippen LogP) is 3.19. The zero-order valence-corrected chi connectivity index (χ0v) is 13.7. The Bertz CT molecular complexity index is 646. The van der Waals surface area contributed by atoms with Crippen LogP contribution in [-0.2, 0) is 25.2 Å². The first-order valence-electron chi connectivity index (χ1n) is 7.10. The van der Waals surface area contributed by atoms with Gasteiger partial charge in [0.05, 0.1) is 19.8 Å². The van der Waals surface area contributed by atoms with E-state index in [-0.39, 0.29) is 12.0 Å². The summed E-state index contributed by atoms with van der Waals surface area (Å²) >= 11 is 0. The van der Waals surface area contributed by atoms with Crippen molar-refractivity contribution in [2.45, 2.75) is 19.0 Å². The lowest BCUT2D eigenvalue weighted by atomic mass is 9.78. The fourth-order valence-electron chi connectivity index (χ4n) is 2.32. The number of methoxy groups -OCH3 is 2. The number of benzene rings is 1. The standard InChI is InChI=1S/C17H17F3O5/c1-4-9-16(14(22)24-2,15(23)25-3)10-13(21)11-5-7-12(8-6-11)17(18,19)20/h4-8H,1,9-10H2,2-3H3. The van der Waals surface area contributed by atoms with Gasteiger partial charge in [-0.15, -0.1) is 6.58 Å².